The van der Waals surface area contributed by atoms with Crippen LogP contribution in [-0.2, 0) is 4.79 Å². The fourth-order valence-electron chi connectivity index (χ4n) is 3.32. The first-order valence-electron chi connectivity index (χ1n) is 9.14. The van der Waals surface area contributed by atoms with Crippen molar-refractivity contribution in [3.8, 4) is 0 Å². The molecule has 26 heavy (non-hydrogen) atoms. The van der Waals surface area contributed by atoms with Gasteiger partial charge in [-0.3, -0.25) is 9.69 Å². The van der Waals surface area contributed by atoms with Gasteiger partial charge in [0, 0.05) is 38.3 Å². The first-order chi connectivity index (χ1) is 12.6. The van der Waals surface area contributed by atoms with E-state index >= 15 is 0 Å². The Hall–Kier alpha value is -2.43. The largest absolute Gasteiger partial charge is 0.387 e. The number of aliphatic hydroxyl groups is 1. The van der Waals surface area contributed by atoms with Crippen molar-refractivity contribution in [3.05, 3.63) is 77.9 Å². The molecule has 0 aromatic heterocycles. The van der Waals surface area contributed by atoms with Crippen LogP contribution in [0.15, 0.2) is 66.7 Å². The molecule has 1 heterocycles. The van der Waals surface area contributed by atoms with E-state index in [1.807, 2.05) is 78.6 Å². The molecule has 2 atom stereocenters. The number of hydrogen-bond donors (Lipinski definition) is 1. The number of piperazine rings is 1. The van der Waals surface area contributed by atoms with E-state index in [0.29, 0.717) is 13.1 Å². The molecule has 136 valence electrons. The highest BCUT2D eigenvalue weighted by molar-refractivity contribution is 5.91. The summed E-state index contributed by atoms with van der Waals surface area (Å²) in [6, 6.07) is 19.6. The van der Waals surface area contributed by atoms with Crippen molar-refractivity contribution >= 4 is 12.0 Å². The van der Waals surface area contributed by atoms with Gasteiger partial charge in [0.1, 0.15) is 0 Å². The van der Waals surface area contributed by atoms with Crippen molar-refractivity contribution < 1.29 is 9.90 Å². The van der Waals surface area contributed by atoms with Crippen molar-refractivity contribution in [1.82, 2.24) is 9.80 Å². The number of hydrogen-bond acceptors (Lipinski definition) is 3. The monoisotopic (exact) mass is 350 g/mol. The summed E-state index contributed by atoms with van der Waals surface area (Å²) in [6.45, 7) is 4.96. The lowest BCUT2D eigenvalue weighted by atomic mass is 10.0. The molecule has 1 amide bonds. The van der Waals surface area contributed by atoms with Crippen LogP contribution in [0.25, 0.3) is 6.08 Å². The van der Waals surface area contributed by atoms with Crippen molar-refractivity contribution in [1.29, 1.82) is 0 Å². The van der Waals surface area contributed by atoms with Gasteiger partial charge in [0.15, 0.2) is 0 Å². The maximum atomic E-state index is 12.4. The molecule has 3 rings (SSSR count). The first kappa shape index (κ1) is 18.4. The molecule has 1 N–H and O–H groups in total. The van der Waals surface area contributed by atoms with Crippen LogP contribution in [0.2, 0.25) is 0 Å². The Morgan fingerprint density at radius 3 is 2.15 bits per heavy atom. The summed E-state index contributed by atoms with van der Waals surface area (Å²) < 4.78 is 0. The number of rotatable bonds is 5. The van der Waals surface area contributed by atoms with Gasteiger partial charge in [0.2, 0.25) is 5.91 Å². The van der Waals surface area contributed by atoms with E-state index in [4.69, 9.17) is 0 Å². The highest BCUT2D eigenvalue weighted by Gasteiger charge is 2.27. The second-order valence-corrected chi connectivity index (χ2v) is 6.70. The second-order valence-electron chi connectivity index (χ2n) is 6.70. The summed E-state index contributed by atoms with van der Waals surface area (Å²) in [6.07, 6.45) is 2.99. The first-order valence-corrected chi connectivity index (χ1v) is 9.14. The molecule has 0 aliphatic carbocycles. The predicted octanol–water partition coefficient (Wildman–Crippen LogP) is 2.97. The summed E-state index contributed by atoms with van der Waals surface area (Å²) >= 11 is 0. The maximum Gasteiger partial charge on any atom is 0.246 e. The fourth-order valence-corrected chi connectivity index (χ4v) is 3.32. The predicted molar refractivity (Wildman–Crippen MR) is 104 cm³/mol. The maximum absolute atomic E-state index is 12.4. The third kappa shape index (κ3) is 4.59. The van der Waals surface area contributed by atoms with Gasteiger partial charge in [0.25, 0.3) is 0 Å². The van der Waals surface area contributed by atoms with E-state index in [1.54, 1.807) is 6.08 Å². The number of amides is 1. The zero-order valence-electron chi connectivity index (χ0n) is 15.2. The quantitative estimate of drug-likeness (QED) is 0.843. The van der Waals surface area contributed by atoms with Crippen LogP contribution in [-0.4, -0.2) is 53.0 Å². The smallest absolute Gasteiger partial charge is 0.246 e. The normalized spacial score (nSPS) is 18.0. The minimum atomic E-state index is -0.517. The molecule has 1 aliphatic heterocycles. The molecule has 0 bridgehead atoms. The van der Waals surface area contributed by atoms with Gasteiger partial charge in [-0.1, -0.05) is 60.7 Å². The Kier molecular flexibility index (Phi) is 6.21. The zero-order chi connectivity index (χ0) is 18.4. The fraction of sp³-hybridized carbons (Fsp3) is 0.318. The molecule has 4 heteroatoms. The Balaban J connectivity index is 1.52. The average molecular weight is 350 g/mol. The van der Waals surface area contributed by atoms with Crippen LogP contribution in [0.4, 0.5) is 0 Å². The zero-order valence-corrected chi connectivity index (χ0v) is 15.2. The summed E-state index contributed by atoms with van der Waals surface area (Å²) in [5, 5.41) is 10.6. The van der Waals surface area contributed by atoms with Gasteiger partial charge in [-0.15, -0.1) is 0 Å². The lowest BCUT2D eigenvalue weighted by molar-refractivity contribution is -0.128. The van der Waals surface area contributed by atoms with E-state index in [2.05, 4.69) is 4.90 Å². The molecule has 1 saturated heterocycles. The lowest BCUT2D eigenvalue weighted by Gasteiger charge is -2.39. The molecule has 4 nitrogen and oxygen atoms in total. The van der Waals surface area contributed by atoms with Gasteiger partial charge in [-0.05, 0) is 24.1 Å². The number of carbonyl (C=O) groups excluding carboxylic acids is 1. The summed E-state index contributed by atoms with van der Waals surface area (Å²) in [5.41, 5.74) is 1.96. The van der Waals surface area contributed by atoms with Crippen LogP contribution in [0.1, 0.15) is 24.2 Å². The molecule has 2 aromatic carbocycles. The summed E-state index contributed by atoms with van der Waals surface area (Å²) in [5.74, 6) is 0.0461. The molecule has 0 spiro atoms. The molecule has 1 aliphatic rings. The van der Waals surface area contributed by atoms with Gasteiger partial charge >= 0.3 is 0 Å². The van der Waals surface area contributed by atoms with Crippen LogP contribution in [0, 0.1) is 0 Å². The van der Waals surface area contributed by atoms with E-state index in [0.717, 1.165) is 24.2 Å². The second kappa shape index (κ2) is 8.79. The standard InChI is InChI=1S/C22H26N2O2/c1-18(22(26)20-10-6-3-7-11-20)23-14-16-24(17-15-23)21(25)13-12-19-8-4-2-5-9-19/h2-13,18,22,26H,14-17H2,1H3/b13-12+. The Morgan fingerprint density at radius 1 is 0.962 bits per heavy atom. The Bertz CT molecular complexity index is 722. The molecular formula is C22H26N2O2. The van der Waals surface area contributed by atoms with E-state index in [1.165, 1.54) is 0 Å². The van der Waals surface area contributed by atoms with E-state index in [-0.39, 0.29) is 11.9 Å². The molecule has 0 radical (unpaired) electrons. The Morgan fingerprint density at radius 2 is 1.54 bits per heavy atom. The Labute approximate surface area is 155 Å². The highest BCUT2D eigenvalue weighted by atomic mass is 16.3. The van der Waals surface area contributed by atoms with Crippen molar-refractivity contribution in [2.75, 3.05) is 26.2 Å². The van der Waals surface area contributed by atoms with Crippen molar-refractivity contribution in [2.24, 2.45) is 0 Å². The van der Waals surface area contributed by atoms with E-state index < -0.39 is 6.10 Å². The molecule has 2 unspecified atom stereocenters. The number of benzene rings is 2. The number of nitrogens with zero attached hydrogens (tertiary/aromatic N) is 2. The minimum absolute atomic E-state index is 0.0227. The van der Waals surface area contributed by atoms with E-state index in [9.17, 15) is 9.90 Å². The molecule has 2 aromatic rings. The van der Waals surface area contributed by atoms with Gasteiger partial charge in [0.05, 0.1) is 6.10 Å². The van der Waals surface area contributed by atoms with Crippen LogP contribution in [0.3, 0.4) is 0 Å². The molecule has 1 fully saturated rings. The third-order valence-corrected chi connectivity index (χ3v) is 5.02. The summed E-state index contributed by atoms with van der Waals surface area (Å²) in [7, 11) is 0. The van der Waals surface area contributed by atoms with Crippen molar-refractivity contribution in [3.63, 3.8) is 0 Å². The SMILES string of the molecule is CC(C(O)c1ccccc1)N1CCN(C(=O)/C=C/c2ccccc2)CC1. The van der Waals surface area contributed by atoms with Gasteiger partial charge in [-0.25, -0.2) is 0 Å². The minimum Gasteiger partial charge on any atom is -0.387 e. The van der Waals surface area contributed by atoms with Crippen LogP contribution in [0.5, 0.6) is 0 Å². The highest BCUT2D eigenvalue weighted by Crippen LogP contribution is 2.21. The van der Waals surface area contributed by atoms with Gasteiger partial charge < -0.3 is 10.0 Å². The average Bonchev–Trinajstić information content (AvgIpc) is 2.72. The number of aliphatic hydroxyl groups excluding tert-OH is 1. The topological polar surface area (TPSA) is 43.8 Å². The molecule has 0 saturated carbocycles. The lowest BCUT2D eigenvalue weighted by Crippen LogP contribution is -2.52. The van der Waals surface area contributed by atoms with Crippen LogP contribution < -0.4 is 0 Å². The number of carbonyl (C=O) groups is 1. The van der Waals surface area contributed by atoms with Gasteiger partial charge in [-0.2, -0.15) is 0 Å². The summed E-state index contributed by atoms with van der Waals surface area (Å²) in [4.78, 5) is 16.5. The molecular weight excluding hydrogens is 324 g/mol. The van der Waals surface area contributed by atoms with Crippen molar-refractivity contribution in [2.45, 2.75) is 19.1 Å². The third-order valence-electron chi connectivity index (χ3n) is 5.02. The van der Waals surface area contributed by atoms with Crippen LogP contribution >= 0.6 is 0 Å².